The Hall–Kier alpha value is -1.58. The van der Waals surface area contributed by atoms with Crippen molar-refractivity contribution in [2.75, 3.05) is 19.7 Å². The molecule has 1 aromatic carbocycles. The number of aromatic nitrogens is 1. The lowest BCUT2D eigenvalue weighted by Crippen LogP contribution is -2.54. The van der Waals surface area contributed by atoms with E-state index in [2.05, 4.69) is 46.0 Å². The first-order chi connectivity index (χ1) is 10.9. The third-order valence-corrected chi connectivity index (χ3v) is 6.51. The number of piperidine rings is 1. The Morgan fingerprint density at radius 2 is 2.14 bits per heavy atom. The summed E-state index contributed by atoms with van der Waals surface area (Å²) in [4.78, 5) is 2.73. The van der Waals surface area contributed by atoms with Crippen molar-refractivity contribution in [3.8, 4) is 0 Å². The molecule has 3 nitrogen and oxygen atoms in total. The smallest absolute Gasteiger partial charge is 0.0698 e. The largest absolute Gasteiger partial charge is 0.377 e. The predicted octanol–water partition coefficient (Wildman–Crippen LogP) is 3.20. The molecule has 5 heterocycles. The lowest BCUT2D eigenvalue weighted by molar-refractivity contribution is -0.0440. The molecule has 112 valence electrons. The lowest BCUT2D eigenvalue weighted by Gasteiger charge is -2.53. The van der Waals surface area contributed by atoms with Gasteiger partial charge in [-0.05, 0) is 30.9 Å². The fourth-order valence-electron chi connectivity index (χ4n) is 5.60. The molecule has 2 fully saturated rings. The van der Waals surface area contributed by atoms with Crippen molar-refractivity contribution in [2.45, 2.75) is 31.4 Å². The van der Waals surface area contributed by atoms with E-state index in [-0.39, 0.29) is 5.41 Å². The molecular weight excluding hydrogens is 272 g/mol. The van der Waals surface area contributed by atoms with Crippen molar-refractivity contribution in [1.82, 2.24) is 9.47 Å². The molecule has 2 saturated heterocycles. The summed E-state index contributed by atoms with van der Waals surface area (Å²) >= 11 is 0. The fraction of sp³-hybridized carbons (Fsp3) is 0.474. The van der Waals surface area contributed by atoms with E-state index in [0.29, 0.717) is 12.1 Å². The molecule has 4 aliphatic heterocycles. The molecule has 0 bridgehead atoms. The van der Waals surface area contributed by atoms with Gasteiger partial charge >= 0.3 is 0 Å². The van der Waals surface area contributed by atoms with Crippen molar-refractivity contribution in [3.05, 3.63) is 41.6 Å². The molecule has 3 heteroatoms. The number of fused-ring (bicyclic) bond motifs is 3. The number of para-hydroxylation sites is 1. The van der Waals surface area contributed by atoms with Crippen LogP contribution in [0.2, 0.25) is 0 Å². The van der Waals surface area contributed by atoms with E-state index in [0.717, 1.165) is 6.61 Å². The van der Waals surface area contributed by atoms with Crippen molar-refractivity contribution in [1.29, 1.82) is 0 Å². The second-order valence-corrected chi connectivity index (χ2v) is 7.27. The first-order valence-electron chi connectivity index (χ1n) is 8.55. The van der Waals surface area contributed by atoms with Gasteiger partial charge in [0.25, 0.3) is 0 Å². The van der Waals surface area contributed by atoms with Crippen LogP contribution in [-0.2, 0) is 11.2 Å². The number of ether oxygens (including phenoxy) is 1. The fourth-order valence-corrected chi connectivity index (χ4v) is 5.60. The SMILES string of the molecule is C1=C[C@]23CCO[C@H]2CCN2CCc4c(n1c1ccccc41)[C@@H]23. The van der Waals surface area contributed by atoms with Gasteiger partial charge in [0.15, 0.2) is 0 Å². The molecule has 0 aliphatic carbocycles. The third kappa shape index (κ3) is 1.19. The van der Waals surface area contributed by atoms with Crippen LogP contribution in [0.25, 0.3) is 17.1 Å². The van der Waals surface area contributed by atoms with E-state index >= 15 is 0 Å². The van der Waals surface area contributed by atoms with Gasteiger partial charge in [-0.1, -0.05) is 24.3 Å². The second kappa shape index (κ2) is 3.84. The molecule has 3 atom stereocenters. The molecule has 0 unspecified atom stereocenters. The molecule has 0 N–H and O–H groups in total. The van der Waals surface area contributed by atoms with Crippen LogP contribution in [-0.4, -0.2) is 35.3 Å². The molecule has 1 spiro atoms. The van der Waals surface area contributed by atoms with E-state index in [1.54, 1.807) is 11.3 Å². The molecule has 0 saturated carbocycles. The number of benzene rings is 1. The first kappa shape index (κ1) is 11.9. The Labute approximate surface area is 130 Å². The van der Waals surface area contributed by atoms with E-state index in [1.165, 1.54) is 43.3 Å². The van der Waals surface area contributed by atoms with Gasteiger partial charge in [0.1, 0.15) is 0 Å². The van der Waals surface area contributed by atoms with Crippen LogP contribution >= 0.6 is 0 Å². The average molecular weight is 292 g/mol. The molecule has 0 radical (unpaired) electrons. The van der Waals surface area contributed by atoms with Crippen LogP contribution in [0.15, 0.2) is 30.3 Å². The topological polar surface area (TPSA) is 17.4 Å². The molecule has 0 amide bonds. The maximum absolute atomic E-state index is 6.13. The summed E-state index contributed by atoms with van der Waals surface area (Å²) < 4.78 is 8.60. The van der Waals surface area contributed by atoms with Crippen LogP contribution in [0.1, 0.15) is 30.1 Å². The van der Waals surface area contributed by atoms with Crippen molar-refractivity contribution < 1.29 is 4.74 Å². The van der Waals surface area contributed by atoms with E-state index < -0.39 is 0 Å². The Morgan fingerprint density at radius 1 is 1.18 bits per heavy atom. The Kier molecular flexibility index (Phi) is 2.08. The Morgan fingerprint density at radius 3 is 3.14 bits per heavy atom. The minimum Gasteiger partial charge on any atom is -0.377 e. The highest BCUT2D eigenvalue weighted by Crippen LogP contribution is 2.58. The van der Waals surface area contributed by atoms with Crippen LogP contribution in [0, 0.1) is 5.41 Å². The zero-order valence-electron chi connectivity index (χ0n) is 12.7. The molecule has 22 heavy (non-hydrogen) atoms. The van der Waals surface area contributed by atoms with Gasteiger partial charge in [-0.2, -0.15) is 0 Å². The standard InChI is InChI=1S/C19H20N2O/c1-2-4-15-13(3-1)14-5-9-20-10-6-16-19(8-12-22-16)7-11-21(15)17(14)18(19)20/h1-4,7,11,16,18H,5-6,8-10,12H2/t16-,18+,19-/m0/s1. The average Bonchev–Trinajstić information content (AvgIpc) is 3.12. The molecule has 4 aliphatic rings. The number of rotatable bonds is 0. The van der Waals surface area contributed by atoms with Gasteiger partial charge in [-0.25, -0.2) is 0 Å². The van der Waals surface area contributed by atoms with Gasteiger partial charge in [-0.3, -0.25) is 4.90 Å². The minimum atomic E-state index is 0.220. The summed E-state index contributed by atoms with van der Waals surface area (Å²) in [6.07, 6.45) is 8.80. The van der Waals surface area contributed by atoms with E-state index in [1.807, 2.05) is 0 Å². The van der Waals surface area contributed by atoms with Crippen molar-refractivity contribution in [2.24, 2.45) is 5.41 Å². The summed E-state index contributed by atoms with van der Waals surface area (Å²) in [5, 5.41) is 1.46. The minimum absolute atomic E-state index is 0.220. The molecular formula is C19H20N2O. The number of nitrogens with zero attached hydrogens (tertiary/aromatic N) is 2. The highest BCUT2D eigenvalue weighted by molar-refractivity contribution is 5.88. The summed E-state index contributed by atoms with van der Waals surface area (Å²) in [6, 6.07) is 9.44. The quantitative estimate of drug-likeness (QED) is 0.742. The van der Waals surface area contributed by atoms with Gasteiger partial charge in [0.05, 0.1) is 17.7 Å². The van der Waals surface area contributed by atoms with Crippen molar-refractivity contribution in [3.63, 3.8) is 0 Å². The highest BCUT2D eigenvalue weighted by atomic mass is 16.5. The normalized spacial score (nSPS) is 35.6. The summed E-state index contributed by atoms with van der Waals surface area (Å²) in [5.74, 6) is 0. The van der Waals surface area contributed by atoms with Gasteiger partial charge in [0, 0.05) is 42.4 Å². The van der Waals surface area contributed by atoms with Gasteiger partial charge < -0.3 is 9.30 Å². The second-order valence-electron chi connectivity index (χ2n) is 7.27. The van der Waals surface area contributed by atoms with Crippen LogP contribution in [0.3, 0.4) is 0 Å². The molecule has 6 rings (SSSR count). The molecule has 2 aromatic rings. The summed E-state index contributed by atoms with van der Waals surface area (Å²) in [5.41, 5.74) is 4.75. The zero-order chi connectivity index (χ0) is 14.3. The van der Waals surface area contributed by atoms with E-state index in [4.69, 9.17) is 4.74 Å². The highest BCUT2D eigenvalue weighted by Gasteiger charge is 2.57. The van der Waals surface area contributed by atoms with Crippen LogP contribution in [0.4, 0.5) is 0 Å². The summed E-state index contributed by atoms with van der Waals surface area (Å²) in [6.45, 7) is 3.31. The van der Waals surface area contributed by atoms with Crippen LogP contribution in [0.5, 0.6) is 0 Å². The van der Waals surface area contributed by atoms with Gasteiger partial charge in [-0.15, -0.1) is 0 Å². The zero-order valence-corrected chi connectivity index (χ0v) is 12.7. The number of hydrogen-bond donors (Lipinski definition) is 0. The Bertz CT molecular complexity index is 820. The summed E-state index contributed by atoms with van der Waals surface area (Å²) in [7, 11) is 0. The van der Waals surface area contributed by atoms with E-state index in [9.17, 15) is 0 Å². The lowest BCUT2D eigenvalue weighted by atomic mass is 9.66. The maximum atomic E-state index is 6.13. The van der Waals surface area contributed by atoms with Gasteiger partial charge in [0.2, 0.25) is 0 Å². The third-order valence-electron chi connectivity index (χ3n) is 6.51. The monoisotopic (exact) mass is 292 g/mol. The number of hydrogen-bond acceptors (Lipinski definition) is 2. The van der Waals surface area contributed by atoms with Crippen LogP contribution < -0.4 is 0 Å². The molecule has 1 aromatic heterocycles. The maximum Gasteiger partial charge on any atom is 0.0698 e. The predicted molar refractivity (Wildman–Crippen MR) is 86.7 cm³/mol. The Balaban J connectivity index is 1.70. The van der Waals surface area contributed by atoms with Crippen molar-refractivity contribution >= 4 is 17.1 Å². The first-order valence-corrected chi connectivity index (χ1v) is 8.55.